The number of ether oxygens (including phenoxy) is 1. The summed E-state index contributed by atoms with van der Waals surface area (Å²) in [5.74, 6) is 0.851. The van der Waals surface area contributed by atoms with Crippen LogP contribution >= 0.6 is 0 Å². The molecule has 8 nitrogen and oxygen atoms in total. The summed E-state index contributed by atoms with van der Waals surface area (Å²) in [5, 5.41) is 4.99. The fourth-order valence-corrected chi connectivity index (χ4v) is 3.61. The lowest BCUT2D eigenvalue weighted by Crippen LogP contribution is -2.43. The van der Waals surface area contributed by atoms with Crippen LogP contribution in [0.5, 0.6) is 0 Å². The predicted molar refractivity (Wildman–Crippen MR) is 107 cm³/mol. The van der Waals surface area contributed by atoms with Gasteiger partial charge in [0, 0.05) is 35.5 Å². The van der Waals surface area contributed by atoms with Crippen molar-refractivity contribution < 1.29 is 18.5 Å². The molecular formula is C22H20N4O4. The van der Waals surface area contributed by atoms with E-state index in [9.17, 15) is 4.79 Å². The molecule has 30 heavy (non-hydrogen) atoms. The Kier molecular flexibility index (Phi) is 4.76. The minimum atomic E-state index is -0.450. The van der Waals surface area contributed by atoms with E-state index >= 15 is 0 Å². The van der Waals surface area contributed by atoms with Crippen molar-refractivity contribution in [3.05, 3.63) is 66.0 Å². The topological polar surface area (TPSA) is 94.5 Å². The van der Waals surface area contributed by atoms with Gasteiger partial charge in [-0.2, -0.15) is 4.98 Å². The Morgan fingerprint density at radius 3 is 2.97 bits per heavy atom. The van der Waals surface area contributed by atoms with Crippen LogP contribution in [0.25, 0.3) is 22.4 Å². The van der Waals surface area contributed by atoms with Crippen LogP contribution in [0.15, 0.2) is 57.9 Å². The van der Waals surface area contributed by atoms with Crippen molar-refractivity contribution in [2.75, 3.05) is 19.7 Å². The molecule has 0 N–H and O–H groups in total. The quantitative estimate of drug-likeness (QED) is 0.515. The Labute approximate surface area is 172 Å². The first kappa shape index (κ1) is 18.5. The number of hydrogen-bond donors (Lipinski definition) is 0. The molecule has 1 atom stereocenters. The second-order valence-electron chi connectivity index (χ2n) is 7.33. The van der Waals surface area contributed by atoms with Crippen LogP contribution in [0.4, 0.5) is 0 Å². The number of carbonyl (C=O) groups excluding carboxylic acids is 1. The van der Waals surface area contributed by atoms with Gasteiger partial charge in [0.15, 0.2) is 6.10 Å². The molecule has 1 amide bonds. The van der Waals surface area contributed by atoms with E-state index in [0.717, 1.165) is 27.7 Å². The summed E-state index contributed by atoms with van der Waals surface area (Å²) in [6.07, 6.45) is 4.83. The lowest BCUT2D eigenvalue weighted by atomic mass is 10.1. The molecule has 4 heterocycles. The van der Waals surface area contributed by atoms with Gasteiger partial charge in [0.1, 0.15) is 5.58 Å². The number of amides is 1. The molecule has 0 spiro atoms. The molecule has 8 heteroatoms. The van der Waals surface area contributed by atoms with E-state index in [2.05, 4.69) is 15.1 Å². The zero-order valence-corrected chi connectivity index (χ0v) is 16.4. The van der Waals surface area contributed by atoms with E-state index in [1.165, 1.54) is 0 Å². The fraction of sp³-hybridized carbons (Fsp3) is 0.273. The number of nitrogens with zero attached hydrogens (tertiary/aromatic N) is 4. The first-order valence-corrected chi connectivity index (χ1v) is 9.77. The number of rotatable bonds is 4. The van der Waals surface area contributed by atoms with Crippen molar-refractivity contribution in [1.82, 2.24) is 20.0 Å². The molecule has 0 saturated carbocycles. The molecule has 1 aliphatic heterocycles. The van der Waals surface area contributed by atoms with Crippen molar-refractivity contribution in [3.63, 3.8) is 0 Å². The number of carbonyl (C=O) groups is 1. The second-order valence-corrected chi connectivity index (χ2v) is 7.33. The monoisotopic (exact) mass is 404 g/mol. The van der Waals surface area contributed by atoms with Gasteiger partial charge < -0.3 is 18.6 Å². The maximum atomic E-state index is 12.9. The SMILES string of the molecule is Cc1ccc2c(CC(=O)N3CCO[C@@H](c4nc(-c5ccncc5)no4)C3)coc2c1. The zero-order chi connectivity index (χ0) is 20.5. The third-order valence-electron chi connectivity index (χ3n) is 5.23. The van der Waals surface area contributed by atoms with E-state index in [-0.39, 0.29) is 12.3 Å². The minimum absolute atomic E-state index is 0.0143. The van der Waals surface area contributed by atoms with E-state index in [4.69, 9.17) is 13.7 Å². The summed E-state index contributed by atoms with van der Waals surface area (Å²) < 4.78 is 16.8. The molecule has 0 bridgehead atoms. The van der Waals surface area contributed by atoms with Gasteiger partial charge in [-0.3, -0.25) is 9.78 Å². The van der Waals surface area contributed by atoms with Crippen LogP contribution in [-0.2, 0) is 16.0 Å². The van der Waals surface area contributed by atoms with Crippen molar-refractivity contribution >= 4 is 16.9 Å². The van der Waals surface area contributed by atoms with Crippen molar-refractivity contribution in [3.8, 4) is 11.4 Å². The largest absolute Gasteiger partial charge is 0.464 e. The molecule has 0 aliphatic carbocycles. The molecule has 4 aromatic rings. The third-order valence-corrected chi connectivity index (χ3v) is 5.23. The summed E-state index contributed by atoms with van der Waals surface area (Å²) >= 11 is 0. The third kappa shape index (κ3) is 3.57. The van der Waals surface area contributed by atoms with Gasteiger partial charge in [0.2, 0.25) is 11.7 Å². The van der Waals surface area contributed by atoms with Crippen LogP contribution < -0.4 is 0 Å². The number of benzene rings is 1. The molecule has 5 rings (SSSR count). The number of morpholine rings is 1. The molecule has 1 aromatic carbocycles. The number of furan rings is 1. The highest BCUT2D eigenvalue weighted by molar-refractivity contribution is 5.88. The molecule has 1 saturated heterocycles. The Hall–Kier alpha value is -3.52. The first-order chi connectivity index (χ1) is 14.7. The van der Waals surface area contributed by atoms with E-state index in [1.54, 1.807) is 23.6 Å². The maximum Gasteiger partial charge on any atom is 0.257 e. The molecule has 0 unspecified atom stereocenters. The average molecular weight is 404 g/mol. The zero-order valence-electron chi connectivity index (χ0n) is 16.4. The Morgan fingerprint density at radius 1 is 1.23 bits per heavy atom. The normalized spacial score (nSPS) is 16.8. The summed E-state index contributed by atoms with van der Waals surface area (Å²) in [6, 6.07) is 9.61. The van der Waals surface area contributed by atoms with Gasteiger partial charge in [0.25, 0.3) is 5.89 Å². The maximum absolute atomic E-state index is 12.9. The summed E-state index contributed by atoms with van der Waals surface area (Å²) in [6.45, 7) is 3.31. The van der Waals surface area contributed by atoms with Gasteiger partial charge in [-0.05, 0) is 30.7 Å². The first-order valence-electron chi connectivity index (χ1n) is 9.77. The van der Waals surface area contributed by atoms with Gasteiger partial charge in [-0.25, -0.2) is 0 Å². The van der Waals surface area contributed by atoms with Crippen molar-refractivity contribution in [2.45, 2.75) is 19.4 Å². The highest BCUT2D eigenvalue weighted by Crippen LogP contribution is 2.26. The fourth-order valence-electron chi connectivity index (χ4n) is 3.61. The predicted octanol–water partition coefficient (Wildman–Crippen LogP) is 3.33. The smallest absolute Gasteiger partial charge is 0.257 e. The van der Waals surface area contributed by atoms with Gasteiger partial charge in [0.05, 0.1) is 25.8 Å². The molecular weight excluding hydrogens is 384 g/mol. The lowest BCUT2D eigenvalue weighted by molar-refractivity contribution is -0.139. The summed E-state index contributed by atoms with van der Waals surface area (Å²) in [5.41, 5.74) is 3.62. The van der Waals surface area contributed by atoms with Crippen molar-refractivity contribution in [2.24, 2.45) is 0 Å². The van der Waals surface area contributed by atoms with E-state index < -0.39 is 6.10 Å². The van der Waals surface area contributed by atoms with Crippen LogP contribution in [-0.4, -0.2) is 45.6 Å². The highest BCUT2D eigenvalue weighted by atomic mass is 16.5. The van der Waals surface area contributed by atoms with Crippen LogP contribution in [0.2, 0.25) is 0 Å². The lowest BCUT2D eigenvalue weighted by Gasteiger charge is -2.31. The standard InChI is InChI=1S/C22H20N4O4/c1-14-2-3-17-16(13-29-18(17)10-14)11-20(27)26-8-9-28-19(12-26)22-24-21(25-30-22)15-4-6-23-7-5-15/h2-7,10,13,19H,8-9,11-12H2,1H3/t19-/m1/s1. The van der Waals surface area contributed by atoms with E-state index in [0.29, 0.717) is 31.4 Å². The number of fused-ring (bicyclic) bond motifs is 1. The number of pyridine rings is 1. The number of hydrogen-bond acceptors (Lipinski definition) is 7. The second kappa shape index (κ2) is 7.72. The average Bonchev–Trinajstić information content (AvgIpc) is 3.42. The molecule has 152 valence electrons. The molecule has 0 radical (unpaired) electrons. The van der Waals surface area contributed by atoms with E-state index in [1.807, 2.05) is 37.3 Å². The summed E-state index contributed by atoms with van der Waals surface area (Å²) in [7, 11) is 0. The molecule has 3 aromatic heterocycles. The summed E-state index contributed by atoms with van der Waals surface area (Å²) in [4.78, 5) is 23.1. The van der Waals surface area contributed by atoms with Crippen LogP contribution in [0.3, 0.4) is 0 Å². The number of aryl methyl sites for hydroxylation is 1. The molecule has 1 fully saturated rings. The van der Waals surface area contributed by atoms with Gasteiger partial charge in [-0.1, -0.05) is 17.3 Å². The Balaban J connectivity index is 1.29. The van der Waals surface area contributed by atoms with Gasteiger partial charge in [-0.15, -0.1) is 0 Å². The molecule has 1 aliphatic rings. The minimum Gasteiger partial charge on any atom is -0.464 e. The number of aromatic nitrogens is 3. The Morgan fingerprint density at radius 2 is 2.10 bits per heavy atom. The highest BCUT2D eigenvalue weighted by Gasteiger charge is 2.30. The van der Waals surface area contributed by atoms with Gasteiger partial charge >= 0.3 is 0 Å². The van der Waals surface area contributed by atoms with Crippen molar-refractivity contribution in [1.29, 1.82) is 0 Å². The van der Waals surface area contributed by atoms with Crippen LogP contribution in [0.1, 0.15) is 23.1 Å². The van der Waals surface area contributed by atoms with Crippen LogP contribution in [0, 0.1) is 6.92 Å². The Bertz CT molecular complexity index is 1180.